The fraction of sp³-hybridized carbons (Fsp3) is 0.381. The van der Waals surface area contributed by atoms with E-state index in [1.165, 1.54) is 5.56 Å². The lowest BCUT2D eigenvalue weighted by molar-refractivity contribution is -0.119. The number of para-hydroxylation sites is 1. The lowest BCUT2D eigenvalue weighted by atomic mass is 9.96. The van der Waals surface area contributed by atoms with Gasteiger partial charge in [0.2, 0.25) is 5.91 Å². The molecule has 4 nitrogen and oxygen atoms in total. The standard InChI is InChI=1S/C21H25NO3/c1-15-8-9-16-6-4-5-7-19(16)22(15)21(23)13-10-17-14-18(24-2)11-12-20(17)25-3/h4-7,11-12,14-15H,8-10,13H2,1-3H3. The van der Waals surface area contributed by atoms with Gasteiger partial charge in [0.25, 0.3) is 0 Å². The Balaban J connectivity index is 1.77. The largest absolute Gasteiger partial charge is 0.497 e. The molecule has 0 bridgehead atoms. The second-order valence-electron chi connectivity index (χ2n) is 6.46. The summed E-state index contributed by atoms with van der Waals surface area (Å²) in [5, 5.41) is 0. The number of ether oxygens (including phenoxy) is 2. The van der Waals surface area contributed by atoms with Crippen molar-refractivity contribution in [3.63, 3.8) is 0 Å². The third-order valence-corrected chi connectivity index (χ3v) is 4.89. The fourth-order valence-electron chi connectivity index (χ4n) is 3.51. The number of methoxy groups -OCH3 is 2. The highest BCUT2D eigenvalue weighted by Gasteiger charge is 2.27. The average Bonchev–Trinajstić information content (AvgIpc) is 2.65. The highest BCUT2D eigenvalue weighted by Crippen LogP contribution is 2.32. The van der Waals surface area contributed by atoms with Crippen molar-refractivity contribution >= 4 is 11.6 Å². The van der Waals surface area contributed by atoms with Crippen LogP contribution in [-0.4, -0.2) is 26.2 Å². The molecule has 0 N–H and O–H groups in total. The van der Waals surface area contributed by atoms with Gasteiger partial charge in [0.1, 0.15) is 11.5 Å². The van der Waals surface area contributed by atoms with E-state index >= 15 is 0 Å². The van der Waals surface area contributed by atoms with Crippen LogP contribution in [0.3, 0.4) is 0 Å². The molecule has 1 heterocycles. The zero-order chi connectivity index (χ0) is 17.8. The number of benzene rings is 2. The normalized spacial score (nSPS) is 16.3. The maximum Gasteiger partial charge on any atom is 0.227 e. The van der Waals surface area contributed by atoms with Crippen LogP contribution in [0.25, 0.3) is 0 Å². The Labute approximate surface area is 149 Å². The minimum atomic E-state index is 0.157. The second-order valence-corrected chi connectivity index (χ2v) is 6.46. The molecule has 0 spiro atoms. The first-order valence-electron chi connectivity index (χ1n) is 8.75. The van der Waals surface area contributed by atoms with Crippen LogP contribution in [0.15, 0.2) is 42.5 Å². The fourth-order valence-corrected chi connectivity index (χ4v) is 3.51. The van der Waals surface area contributed by atoms with Crippen molar-refractivity contribution in [3.8, 4) is 11.5 Å². The minimum Gasteiger partial charge on any atom is -0.497 e. The summed E-state index contributed by atoms with van der Waals surface area (Å²) in [6, 6.07) is 14.1. The van der Waals surface area contributed by atoms with E-state index in [0.29, 0.717) is 12.8 Å². The molecule has 2 aromatic carbocycles. The topological polar surface area (TPSA) is 38.8 Å². The maximum atomic E-state index is 13.0. The van der Waals surface area contributed by atoms with Crippen LogP contribution in [0.5, 0.6) is 11.5 Å². The summed E-state index contributed by atoms with van der Waals surface area (Å²) in [5.41, 5.74) is 3.31. The summed E-state index contributed by atoms with van der Waals surface area (Å²) in [6.07, 6.45) is 3.11. The molecule has 1 aliphatic heterocycles. The van der Waals surface area contributed by atoms with E-state index in [1.54, 1.807) is 14.2 Å². The summed E-state index contributed by atoms with van der Waals surface area (Å²) in [5.74, 6) is 1.73. The van der Waals surface area contributed by atoms with Gasteiger partial charge in [-0.3, -0.25) is 4.79 Å². The Hall–Kier alpha value is -2.49. The summed E-state index contributed by atoms with van der Waals surface area (Å²) in [6.45, 7) is 2.12. The van der Waals surface area contributed by atoms with E-state index in [0.717, 1.165) is 35.6 Å². The quantitative estimate of drug-likeness (QED) is 0.826. The molecule has 2 aromatic rings. The Bertz CT molecular complexity index is 757. The van der Waals surface area contributed by atoms with E-state index in [9.17, 15) is 4.79 Å². The average molecular weight is 339 g/mol. The molecule has 25 heavy (non-hydrogen) atoms. The van der Waals surface area contributed by atoms with Crippen molar-refractivity contribution in [3.05, 3.63) is 53.6 Å². The molecule has 4 heteroatoms. The van der Waals surface area contributed by atoms with Gasteiger partial charge < -0.3 is 14.4 Å². The summed E-state index contributed by atoms with van der Waals surface area (Å²) in [7, 11) is 3.29. The molecule has 0 fully saturated rings. The number of hydrogen-bond acceptors (Lipinski definition) is 3. The number of rotatable bonds is 5. The number of aryl methyl sites for hydroxylation is 2. The number of anilines is 1. The van der Waals surface area contributed by atoms with Crippen molar-refractivity contribution in [2.75, 3.05) is 19.1 Å². The minimum absolute atomic E-state index is 0.157. The molecular weight excluding hydrogens is 314 g/mol. The SMILES string of the molecule is COc1ccc(OC)c(CCC(=O)N2c3ccccc3CCC2C)c1. The predicted octanol–water partition coefficient (Wildman–Crippen LogP) is 4.00. The van der Waals surface area contributed by atoms with Gasteiger partial charge in [0, 0.05) is 18.2 Å². The molecule has 1 unspecified atom stereocenters. The predicted molar refractivity (Wildman–Crippen MR) is 99.6 cm³/mol. The highest BCUT2D eigenvalue weighted by molar-refractivity contribution is 5.95. The molecule has 0 aliphatic carbocycles. The van der Waals surface area contributed by atoms with Crippen molar-refractivity contribution in [1.82, 2.24) is 0 Å². The lowest BCUT2D eigenvalue weighted by Gasteiger charge is -2.35. The zero-order valence-corrected chi connectivity index (χ0v) is 15.1. The summed E-state index contributed by atoms with van der Waals surface area (Å²) >= 11 is 0. The number of carbonyl (C=O) groups excluding carboxylic acids is 1. The maximum absolute atomic E-state index is 13.0. The van der Waals surface area contributed by atoms with Gasteiger partial charge in [-0.15, -0.1) is 0 Å². The number of carbonyl (C=O) groups is 1. The Morgan fingerprint density at radius 2 is 1.96 bits per heavy atom. The number of hydrogen-bond donors (Lipinski definition) is 0. The number of amides is 1. The zero-order valence-electron chi connectivity index (χ0n) is 15.1. The molecule has 0 aromatic heterocycles. The van der Waals surface area contributed by atoms with E-state index in [2.05, 4.69) is 19.1 Å². The number of nitrogens with zero attached hydrogens (tertiary/aromatic N) is 1. The van der Waals surface area contributed by atoms with Crippen LogP contribution in [-0.2, 0) is 17.6 Å². The van der Waals surface area contributed by atoms with Gasteiger partial charge in [-0.25, -0.2) is 0 Å². The molecular formula is C21H25NO3. The van der Waals surface area contributed by atoms with Crippen molar-refractivity contribution in [2.24, 2.45) is 0 Å². The molecule has 0 saturated heterocycles. The third kappa shape index (κ3) is 3.63. The van der Waals surface area contributed by atoms with Gasteiger partial charge in [0.05, 0.1) is 14.2 Å². The van der Waals surface area contributed by atoms with Crippen molar-refractivity contribution in [1.29, 1.82) is 0 Å². The van der Waals surface area contributed by atoms with Gasteiger partial charge in [-0.1, -0.05) is 18.2 Å². The van der Waals surface area contributed by atoms with Gasteiger partial charge in [-0.05, 0) is 61.6 Å². The molecule has 1 amide bonds. The van der Waals surface area contributed by atoms with Crippen LogP contribution < -0.4 is 14.4 Å². The third-order valence-electron chi connectivity index (χ3n) is 4.89. The van der Waals surface area contributed by atoms with Crippen molar-refractivity contribution in [2.45, 2.75) is 38.6 Å². The first kappa shape index (κ1) is 17.3. The molecule has 1 aliphatic rings. The highest BCUT2D eigenvalue weighted by atomic mass is 16.5. The molecule has 0 saturated carbocycles. The van der Waals surface area contributed by atoms with Crippen LogP contribution in [0, 0.1) is 0 Å². The molecule has 1 atom stereocenters. The van der Waals surface area contributed by atoms with Gasteiger partial charge in [0.15, 0.2) is 0 Å². The van der Waals surface area contributed by atoms with E-state index in [4.69, 9.17) is 9.47 Å². The van der Waals surface area contributed by atoms with Gasteiger partial charge in [-0.2, -0.15) is 0 Å². The first-order chi connectivity index (χ1) is 12.1. The first-order valence-corrected chi connectivity index (χ1v) is 8.75. The van der Waals surface area contributed by atoms with E-state index in [-0.39, 0.29) is 11.9 Å². The van der Waals surface area contributed by atoms with Crippen LogP contribution >= 0.6 is 0 Å². The van der Waals surface area contributed by atoms with E-state index < -0.39 is 0 Å². The summed E-state index contributed by atoms with van der Waals surface area (Å²) < 4.78 is 10.7. The molecule has 132 valence electrons. The van der Waals surface area contributed by atoms with Gasteiger partial charge >= 0.3 is 0 Å². The van der Waals surface area contributed by atoms with Crippen molar-refractivity contribution < 1.29 is 14.3 Å². The smallest absolute Gasteiger partial charge is 0.227 e. The molecule has 0 radical (unpaired) electrons. The van der Waals surface area contributed by atoms with E-state index in [1.807, 2.05) is 35.2 Å². The van der Waals surface area contributed by atoms with Crippen LogP contribution in [0.1, 0.15) is 30.9 Å². The number of fused-ring (bicyclic) bond motifs is 1. The second kappa shape index (κ2) is 7.60. The monoisotopic (exact) mass is 339 g/mol. The molecule has 3 rings (SSSR count). The lowest BCUT2D eigenvalue weighted by Crippen LogP contribution is -2.42. The van der Waals surface area contributed by atoms with Crippen LogP contribution in [0.2, 0.25) is 0 Å². The Morgan fingerprint density at radius 3 is 2.72 bits per heavy atom. The summed E-state index contributed by atoms with van der Waals surface area (Å²) in [4.78, 5) is 14.9. The Morgan fingerprint density at radius 1 is 1.16 bits per heavy atom. The van der Waals surface area contributed by atoms with Crippen LogP contribution in [0.4, 0.5) is 5.69 Å². The Kier molecular flexibility index (Phi) is 5.27.